The zero-order valence-electron chi connectivity index (χ0n) is 13.3. The Kier molecular flexibility index (Phi) is 5.84. The summed E-state index contributed by atoms with van der Waals surface area (Å²) in [5, 5.41) is -0.814. The van der Waals surface area contributed by atoms with Crippen LogP contribution in [0.3, 0.4) is 0 Å². The number of rotatable bonds is 6. The van der Waals surface area contributed by atoms with Crippen LogP contribution in [0.15, 0.2) is 94.3 Å². The van der Waals surface area contributed by atoms with Gasteiger partial charge in [-0.1, -0.05) is 76.6 Å². The number of carbonyl (C=O) groups excluding carboxylic acids is 2. The van der Waals surface area contributed by atoms with Gasteiger partial charge in [0.25, 0.3) is 0 Å². The number of benzene rings is 3. The summed E-state index contributed by atoms with van der Waals surface area (Å²) in [6, 6.07) is 25.5. The van der Waals surface area contributed by atoms with Crippen molar-refractivity contribution >= 4 is 39.3 Å². The minimum atomic E-state index is -0.814. The molecule has 3 rings (SSSR count). The average Bonchev–Trinajstić information content (AvgIpc) is 2.68. The van der Waals surface area contributed by atoms with E-state index in [0.717, 1.165) is 9.37 Å². The first kappa shape index (κ1) is 17.6. The van der Waals surface area contributed by atoms with Gasteiger partial charge in [-0.3, -0.25) is 9.59 Å². The zero-order chi connectivity index (χ0) is 17.6. The molecule has 4 heteroatoms. The number of carbonyl (C=O) groups is 2. The summed E-state index contributed by atoms with van der Waals surface area (Å²) < 4.78 is 0.956. The van der Waals surface area contributed by atoms with Crippen LogP contribution in [0, 0.1) is 0 Å². The molecule has 0 radical (unpaired) electrons. The largest absolute Gasteiger partial charge is 0.292 e. The van der Waals surface area contributed by atoms with E-state index in [1.165, 1.54) is 11.8 Å². The van der Waals surface area contributed by atoms with E-state index in [9.17, 15) is 9.59 Å². The molecule has 124 valence electrons. The van der Waals surface area contributed by atoms with Gasteiger partial charge in [-0.2, -0.15) is 0 Å². The minimum absolute atomic E-state index is 0.178. The van der Waals surface area contributed by atoms with E-state index >= 15 is 0 Å². The fraction of sp³-hybridized carbons (Fsp3) is 0.0476. The van der Waals surface area contributed by atoms with Crippen LogP contribution < -0.4 is 0 Å². The standard InChI is InChI=1S/C21H15BrO2S/c22-17-11-13-18(14-12-17)25-21(19(23)15-7-3-1-4-8-15)20(24)16-9-5-2-6-10-16/h1-14,21H. The summed E-state index contributed by atoms with van der Waals surface area (Å²) in [6.07, 6.45) is 0. The maximum absolute atomic E-state index is 13.0. The monoisotopic (exact) mass is 410 g/mol. The van der Waals surface area contributed by atoms with Gasteiger partial charge >= 0.3 is 0 Å². The van der Waals surface area contributed by atoms with E-state index < -0.39 is 5.25 Å². The Hall–Kier alpha value is -2.17. The van der Waals surface area contributed by atoms with Crippen molar-refractivity contribution in [3.8, 4) is 0 Å². The molecule has 3 aromatic rings. The number of hydrogen-bond donors (Lipinski definition) is 0. The lowest BCUT2D eigenvalue weighted by atomic mass is 10.0. The van der Waals surface area contributed by atoms with Crippen molar-refractivity contribution < 1.29 is 9.59 Å². The van der Waals surface area contributed by atoms with E-state index in [2.05, 4.69) is 15.9 Å². The highest BCUT2D eigenvalue weighted by atomic mass is 79.9. The maximum Gasteiger partial charge on any atom is 0.184 e. The number of thioether (sulfide) groups is 1. The molecule has 0 spiro atoms. The van der Waals surface area contributed by atoms with Gasteiger partial charge in [0, 0.05) is 20.5 Å². The Bertz CT molecular complexity index is 810. The van der Waals surface area contributed by atoms with Gasteiger partial charge in [0.1, 0.15) is 5.25 Å². The lowest BCUT2D eigenvalue weighted by Gasteiger charge is -2.15. The topological polar surface area (TPSA) is 34.1 Å². The predicted molar refractivity (Wildman–Crippen MR) is 105 cm³/mol. The fourth-order valence-electron chi connectivity index (χ4n) is 2.38. The highest BCUT2D eigenvalue weighted by Crippen LogP contribution is 2.29. The molecule has 25 heavy (non-hydrogen) atoms. The second kappa shape index (κ2) is 8.28. The Balaban J connectivity index is 1.94. The lowest BCUT2D eigenvalue weighted by molar-refractivity contribution is 0.0903. The molecule has 0 heterocycles. The number of hydrogen-bond acceptors (Lipinski definition) is 3. The molecule has 2 nitrogen and oxygen atoms in total. The van der Waals surface area contributed by atoms with Gasteiger partial charge in [0.05, 0.1) is 0 Å². The smallest absolute Gasteiger partial charge is 0.184 e. The first-order chi connectivity index (χ1) is 12.1. The molecule has 0 unspecified atom stereocenters. The van der Waals surface area contributed by atoms with Gasteiger partial charge < -0.3 is 0 Å². The minimum Gasteiger partial charge on any atom is -0.292 e. The van der Waals surface area contributed by atoms with Gasteiger partial charge in [-0.25, -0.2) is 0 Å². The van der Waals surface area contributed by atoms with Crippen LogP contribution in [0.25, 0.3) is 0 Å². The first-order valence-corrected chi connectivity index (χ1v) is 9.43. The van der Waals surface area contributed by atoms with Crippen LogP contribution in [0.4, 0.5) is 0 Å². The predicted octanol–water partition coefficient (Wildman–Crippen LogP) is 5.68. The Morgan fingerprint density at radius 3 is 1.56 bits per heavy atom. The maximum atomic E-state index is 13.0. The van der Waals surface area contributed by atoms with E-state index in [-0.39, 0.29) is 11.6 Å². The van der Waals surface area contributed by atoms with Crippen LogP contribution in [-0.2, 0) is 0 Å². The van der Waals surface area contributed by atoms with Crippen molar-refractivity contribution in [3.63, 3.8) is 0 Å². The van der Waals surface area contributed by atoms with Crippen molar-refractivity contribution in [2.24, 2.45) is 0 Å². The van der Waals surface area contributed by atoms with Gasteiger partial charge in [-0.05, 0) is 24.3 Å². The molecule has 0 N–H and O–H groups in total. The van der Waals surface area contributed by atoms with Crippen LogP contribution in [-0.4, -0.2) is 16.8 Å². The normalized spacial score (nSPS) is 10.6. The Morgan fingerprint density at radius 2 is 1.12 bits per heavy atom. The van der Waals surface area contributed by atoms with Crippen molar-refractivity contribution in [1.82, 2.24) is 0 Å². The molecular weight excluding hydrogens is 396 g/mol. The molecule has 0 amide bonds. The molecule has 0 saturated carbocycles. The van der Waals surface area contributed by atoms with E-state index in [1.54, 1.807) is 24.3 Å². The molecule has 0 bridgehead atoms. The second-order valence-corrected chi connectivity index (χ2v) is 7.51. The summed E-state index contributed by atoms with van der Waals surface area (Å²) in [5.41, 5.74) is 1.09. The van der Waals surface area contributed by atoms with Gasteiger partial charge in [0.2, 0.25) is 0 Å². The second-order valence-electron chi connectivity index (χ2n) is 5.41. The van der Waals surface area contributed by atoms with Crippen LogP contribution in [0.5, 0.6) is 0 Å². The number of halogens is 1. The molecule has 0 atom stereocenters. The average molecular weight is 411 g/mol. The van der Waals surface area contributed by atoms with Gasteiger partial charge in [-0.15, -0.1) is 11.8 Å². The van der Waals surface area contributed by atoms with Crippen molar-refractivity contribution in [1.29, 1.82) is 0 Å². The van der Waals surface area contributed by atoms with Crippen molar-refractivity contribution in [3.05, 3.63) is 101 Å². The summed E-state index contributed by atoms with van der Waals surface area (Å²) >= 11 is 4.68. The third-order valence-corrected chi connectivity index (χ3v) is 5.40. The first-order valence-electron chi connectivity index (χ1n) is 7.76. The molecule has 0 saturated heterocycles. The summed E-state index contributed by atoms with van der Waals surface area (Å²) in [7, 11) is 0. The highest BCUT2D eigenvalue weighted by molar-refractivity contribution is 9.10. The third-order valence-electron chi connectivity index (χ3n) is 3.66. The lowest BCUT2D eigenvalue weighted by Crippen LogP contribution is -2.27. The summed E-state index contributed by atoms with van der Waals surface area (Å²) in [6.45, 7) is 0. The van der Waals surface area contributed by atoms with Crippen molar-refractivity contribution in [2.45, 2.75) is 10.1 Å². The van der Waals surface area contributed by atoms with Gasteiger partial charge in [0.15, 0.2) is 11.6 Å². The Morgan fingerprint density at radius 1 is 0.680 bits per heavy atom. The van der Waals surface area contributed by atoms with E-state index in [4.69, 9.17) is 0 Å². The zero-order valence-corrected chi connectivity index (χ0v) is 15.7. The van der Waals surface area contributed by atoms with Crippen LogP contribution >= 0.6 is 27.7 Å². The van der Waals surface area contributed by atoms with E-state index in [0.29, 0.717) is 11.1 Å². The SMILES string of the molecule is O=C(c1ccccc1)C(Sc1ccc(Br)cc1)C(=O)c1ccccc1. The van der Waals surface area contributed by atoms with Crippen LogP contribution in [0.2, 0.25) is 0 Å². The molecule has 3 aromatic carbocycles. The summed E-state index contributed by atoms with van der Waals surface area (Å²) in [5.74, 6) is -0.357. The third kappa shape index (κ3) is 4.47. The molecule has 0 aliphatic rings. The van der Waals surface area contributed by atoms with E-state index in [1.807, 2.05) is 60.7 Å². The molecule has 0 aromatic heterocycles. The number of ketones is 2. The van der Waals surface area contributed by atoms with Crippen LogP contribution in [0.1, 0.15) is 20.7 Å². The highest BCUT2D eigenvalue weighted by Gasteiger charge is 2.29. The molecule has 0 fully saturated rings. The molecular formula is C21H15BrO2S. The quantitative estimate of drug-likeness (QED) is 0.298. The number of Topliss-reactive ketones (excluding diaryl/α,β-unsaturated/α-hetero) is 2. The van der Waals surface area contributed by atoms with Crippen molar-refractivity contribution in [2.75, 3.05) is 0 Å². The molecule has 0 aliphatic heterocycles. The summed E-state index contributed by atoms with van der Waals surface area (Å²) in [4.78, 5) is 26.8. The molecule has 0 aliphatic carbocycles. The Labute approximate surface area is 159 Å². The fourth-order valence-corrected chi connectivity index (χ4v) is 3.70.